The highest BCUT2D eigenvalue weighted by atomic mass is 16.5. The number of ether oxygens (including phenoxy) is 1. The molecule has 1 heterocycles. The van der Waals surface area contributed by atoms with Crippen LogP contribution in [0.5, 0.6) is 0 Å². The summed E-state index contributed by atoms with van der Waals surface area (Å²) in [5.41, 5.74) is 0. The summed E-state index contributed by atoms with van der Waals surface area (Å²) in [6.45, 7) is 17.9. The highest BCUT2D eigenvalue weighted by Gasteiger charge is 2.20. The smallest absolute Gasteiger partial charge is 0.224 e. The number of morpholine rings is 1. The van der Waals surface area contributed by atoms with Crippen molar-refractivity contribution in [3.63, 3.8) is 0 Å². The van der Waals surface area contributed by atoms with Gasteiger partial charge in [-0.25, -0.2) is 0 Å². The summed E-state index contributed by atoms with van der Waals surface area (Å²) in [4.78, 5) is 21.0. The zero-order valence-corrected chi connectivity index (χ0v) is 17.4. The van der Waals surface area contributed by atoms with Crippen LogP contribution in [-0.2, 0) is 9.53 Å². The van der Waals surface area contributed by atoms with Crippen LogP contribution < -0.4 is 10.6 Å². The standard InChI is InChI=1S/C19H39N5O2/c1-6-20-19(21-10-9-18(25)24(7-2)8-3)22-13-17-15-23(11-12-26-17)14-16(4)5/h16-17H,6-15H2,1-5H3,(H2,20,21,22). The Morgan fingerprint density at radius 1 is 1.27 bits per heavy atom. The van der Waals surface area contributed by atoms with E-state index in [-0.39, 0.29) is 12.0 Å². The number of guanidine groups is 1. The van der Waals surface area contributed by atoms with Crippen molar-refractivity contribution in [1.29, 1.82) is 0 Å². The third-order valence-electron chi connectivity index (χ3n) is 4.39. The van der Waals surface area contributed by atoms with Gasteiger partial charge in [0.15, 0.2) is 5.96 Å². The number of aliphatic imine (C=N–C) groups is 1. The quantitative estimate of drug-likeness (QED) is 0.447. The lowest BCUT2D eigenvalue weighted by atomic mass is 10.2. The van der Waals surface area contributed by atoms with Gasteiger partial charge < -0.3 is 20.3 Å². The SMILES string of the molecule is CCNC(=NCC1CN(CC(C)C)CCO1)NCCC(=O)N(CC)CC. The zero-order chi connectivity index (χ0) is 19.4. The molecular weight excluding hydrogens is 330 g/mol. The van der Waals surface area contributed by atoms with E-state index in [0.29, 0.717) is 25.4 Å². The first-order chi connectivity index (χ1) is 12.5. The highest BCUT2D eigenvalue weighted by molar-refractivity contribution is 5.81. The second-order valence-corrected chi connectivity index (χ2v) is 7.11. The molecule has 1 rings (SSSR count). The molecule has 0 spiro atoms. The van der Waals surface area contributed by atoms with Crippen LogP contribution in [0.25, 0.3) is 0 Å². The topological polar surface area (TPSA) is 69.2 Å². The molecule has 7 heteroatoms. The normalized spacial score (nSPS) is 18.8. The van der Waals surface area contributed by atoms with Crippen LogP contribution in [0.3, 0.4) is 0 Å². The molecule has 1 fully saturated rings. The fraction of sp³-hybridized carbons (Fsp3) is 0.895. The minimum Gasteiger partial charge on any atom is -0.374 e. The predicted octanol–water partition coefficient (Wildman–Crippen LogP) is 1.16. The monoisotopic (exact) mass is 369 g/mol. The molecule has 1 aliphatic rings. The molecular formula is C19H39N5O2. The summed E-state index contributed by atoms with van der Waals surface area (Å²) in [7, 11) is 0. The van der Waals surface area contributed by atoms with Gasteiger partial charge in [0.25, 0.3) is 0 Å². The summed E-state index contributed by atoms with van der Waals surface area (Å²) in [6, 6.07) is 0. The van der Waals surface area contributed by atoms with Gasteiger partial charge in [0.1, 0.15) is 0 Å². The first-order valence-electron chi connectivity index (χ1n) is 10.1. The van der Waals surface area contributed by atoms with E-state index in [0.717, 1.165) is 51.8 Å². The average Bonchev–Trinajstić information content (AvgIpc) is 2.60. The number of amides is 1. The van der Waals surface area contributed by atoms with Crippen LogP contribution in [0.2, 0.25) is 0 Å². The predicted molar refractivity (Wildman–Crippen MR) is 108 cm³/mol. The van der Waals surface area contributed by atoms with Gasteiger partial charge in [-0.05, 0) is 26.7 Å². The summed E-state index contributed by atoms with van der Waals surface area (Å²) < 4.78 is 5.86. The minimum atomic E-state index is 0.135. The van der Waals surface area contributed by atoms with Gasteiger partial charge in [-0.1, -0.05) is 13.8 Å². The van der Waals surface area contributed by atoms with Crippen molar-refractivity contribution in [2.45, 2.75) is 47.1 Å². The lowest BCUT2D eigenvalue weighted by Gasteiger charge is -2.33. The number of rotatable bonds is 10. The third-order valence-corrected chi connectivity index (χ3v) is 4.39. The molecule has 0 aliphatic carbocycles. The van der Waals surface area contributed by atoms with Gasteiger partial charge in [0, 0.05) is 52.2 Å². The summed E-state index contributed by atoms with van der Waals surface area (Å²) in [6.07, 6.45) is 0.615. The van der Waals surface area contributed by atoms with Gasteiger partial charge in [0.2, 0.25) is 5.91 Å². The van der Waals surface area contributed by atoms with Crippen LogP contribution >= 0.6 is 0 Å². The van der Waals surface area contributed by atoms with E-state index in [1.165, 1.54) is 0 Å². The fourth-order valence-electron chi connectivity index (χ4n) is 3.13. The maximum atomic E-state index is 12.1. The molecule has 1 atom stereocenters. The number of hydrogen-bond donors (Lipinski definition) is 2. The Morgan fingerprint density at radius 2 is 2.00 bits per heavy atom. The van der Waals surface area contributed by atoms with Crippen molar-refractivity contribution in [3.8, 4) is 0 Å². The second kappa shape index (κ2) is 12.9. The maximum Gasteiger partial charge on any atom is 0.224 e. The largest absolute Gasteiger partial charge is 0.374 e. The Labute approximate surface area is 159 Å². The third kappa shape index (κ3) is 8.85. The van der Waals surface area contributed by atoms with Crippen molar-refractivity contribution in [3.05, 3.63) is 0 Å². The average molecular weight is 370 g/mol. The molecule has 0 aromatic rings. The van der Waals surface area contributed by atoms with Gasteiger partial charge in [-0.15, -0.1) is 0 Å². The summed E-state index contributed by atoms with van der Waals surface area (Å²) >= 11 is 0. The Hall–Kier alpha value is -1.34. The molecule has 1 amide bonds. The van der Waals surface area contributed by atoms with Crippen molar-refractivity contribution in [2.24, 2.45) is 10.9 Å². The van der Waals surface area contributed by atoms with Crippen molar-refractivity contribution < 1.29 is 9.53 Å². The summed E-state index contributed by atoms with van der Waals surface area (Å²) in [5, 5.41) is 6.50. The first kappa shape index (κ1) is 22.7. The number of carbonyl (C=O) groups excluding carboxylic acids is 1. The molecule has 1 saturated heterocycles. The van der Waals surface area contributed by atoms with Crippen molar-refractivity contribution >= 4 is 11.9 Å². The Morgan fingerprint density at radius 3 is 2.62 bits per heavy atom. The number of nitrogens with zero attached hydrogens (tertiary/aromatic N) is 3. The van der Waals surface area contributed by atoms with Crippen LogP contribution in [0.15, 0.2) is 4.99 Å². The number of carbonyl (C=O) groups is 1. The lowest BCUT2D eigenvalue weighted by molar-refractivity contribution is -0.130. The van der Waals surface area contributed by atoms with E-state index in [9.17, 15) is 4.79 Å². The first-order valence-corrected chi connectivity index (χ1v) is 10.1. The van der Waals surface area contributed by atoms with Gasteiger partial charge in [0.05, 0.1) is 19.3 Å². The minimum absolute atomic E-state index is 0.135. The van der Waals surface area contributed by atoms with E-state index < -0.39 is 0 Å². The Balaban J connectivity index is 2.43. The molecule has 0 saturated carbocycles. The van der Waals surface area contributed by atoms with Crippen LogP contribution in [0.4, 0.5) is 0 Å². The van der Waals surface area contributed by atoms with Crippen LogP contribution in [-0.4, -0.2) is 86.7 Å². The van der Waals surface area contributed by atoms with Gasteiger partial charge in [-0.3, -0.25) is 14.7 Å². The number of hydrogen-bond acceptors (Lipinski definition) is 4. The van der Waals surface area contributed by atoms with Crippen LogP contribution in [0, 0.1) is 5.92 Å². The molecule has 0 radical (unpaired) electrons. The molecule has 7 nitrogen and oxygen atoms in total. The van der Waals surface area contributed by atoms with Crippen molar-refractivity contribution in [2.75, 3.05) is 59.0 Å². The molecule has 1 unspecified atom stereocenters. The lowest BCUT2D eigenvalue weighted by Crippen LogP contribution is -2.46. The van der Waals surface area contributed by atoms with E-state index in [1.807, 2.05) is 25.7 Å². The number of nitrogens with one attached hydrogen (secondary N) is 2. The molecule has 26 heavy (non-hydrogen) atoms. The summed E-state index contributed by atoms with van der Waals surface area (Å²) in [5.74, 6) is 1.60. The van der Waals surface area contributed by atoms with Crippen LogP contribution in [0.1, 0.15) is 41.0 Å². The van der Waals surface area contributed by atoms with E-state index in [2.05, 4.69) is 34.4 Å². The zero-order valence-electron chi connectivity index (χ0n) is 17.4. The second-order valence-electron chi connectivity index (χ2n) is 7.11. The van der Waals surface area contributed by atoms with Gasteiger partial charge in [-0.2, -0.15) is 0 Å². The molecule has 1 aliphatic heterocycles. The maximum absolute atomic E-state index is 12.1. The van der Waals surface area contributed by atoms with E-state index in [4.69, 9.17) is 4.74 Å². The molecule has 0 aromatic carbocycles. The fourth-order valence-corrected chi connectivity index (χ4v) is 3.13. The highest BCUT2D eigenvalue weighted by Crippen LogP contribution is 2.08. The molecule has 0 aromatic heterocycles. The molecule has 0 bridgehead atoms. The van der Waals surface area contributed by atoms with Gasteiger partial charge >= 0.3 is 0 Å². The van der Waals surface area contributed by atoms with E-state index >= 15 is 0 Å². The molecule has 152 valence electrons. The van der Waals surface area contributed by atoms with E-state index in [1.54, 1.807) is 0 Å². The Kier molecular flexibility index (Phi) is 11.3. The van der Waals surface area contributed by atoms with Crippen molar-refractivity contribution in [1.82, 2.24) is 20.4 Å². The Bertz CT molecular complexity index is 424. The molecule has 2 N–H and O–H groups in total.